The van der Waals surface area contributed by atoms with Crippen LogP contribution in [-0.4, -0.2) is 19.7 Å². The molecular formula is C18H29NO. The molecule has 0 radical (unpaired) electrons. The van der Waals surface area contributed by atoms with E-state index >= 15 is 0 Å². The fourth-order valence-corrected chi connectivity index (χ4v) is 2.56. The molecular weight excluding hydrogens is 246 g/mol. The highest BCUT2D eigenvalue weighted by Crippen LogP contribution is 2.29. The third-order valence-corrected chi connectivity index (χ3v) is 4.20. The van der Waals surface area contributed by atoms with Crippen molar-refractivity contribution < 1.29 is 4.74 Å². The molecule has 0 bridgehead atoms. The van der Waals surface area contributed by atoms with Gasteiger partial charge in [-0.05, 0) is 49.4 Å². The molecule has 1 saturated carbocycles. The summed E-state index contributed by atoms with van der Waals surface area (Å²) in [5, 5.41) is 3.44. The molecule has 1 N–H and O–H groups in total. The minimum atomic E-state index is 0.765. The second-order valence-corrected chi connectivity index (χ2v) is 5.95. The molecule has 2 rings (SSSR count). The Kier molecular flexibility index (Phi) is 7.10. The first-order valence-corrected chi connectivity index (χ1v) is 8.24. The Balaban J connectivity index is 1.58. The summed E-state index contributed by atoms with van der Waals surface area (Å²) in [6, 6.07) is 8.88. The summed E-state index contributed by atoms with van der Waals surface area (Å²) in [7, 11) is 0. The van der Waals surface area contributed by atoms with Crippen LogP contribution in [0.3, 0.4) is 0 Å². The molecule has 0 aliphatic heterocycles. The Labute approximate surface area is 123 Å². The molecule has 1 aliphatic rings. The fraction of sp³-hybridized carbons (Fsp3) is 0.667. The first-order chi connectivity index (χ1) is 9.88. The summed E-state index contributed by atoms with van der Waals surface area (Å²) < 4.78 is 5.77. The smallest absolute Gasteiger partial charge is 0.0716 e. The van der Waals surface area contributed by atoms with Gasteiger partial charge in [-0.25, -0.2) is 0 Å². The van der Waals surface area contributed by atoms with Crippen LogP contribution < -0.4 is 5.32 Å². The molecule has 0 heterocycles. The van der Waals surface area contributed by atoms with Gasteiger partial charge in [0.2, 0.25) is 0 Å². The number of benzene rings is 1. The van der Waals surface area contributed by atoms with Crippen molar-refractivity contribution in [2.24, 2.45) is 5.92 Å². The molecule has 2 nitrogen and oxygen atoms in total. The van der Waals surface area contributed by atoms with Gasteiger partial charge in [0.1, 0.15) is 0 Å². The lowest BCUT2D eigenvalue weighted by Crippen LogP contribution is -2.17. The van der Waals surface area contributed by atoms with Crippen molar-refractivity contribution in [2.75, 3.05) is 19.7 Å². The lowest BCUT2D eigenvalue weighted by molar-refractivity contribution is 0.0950. The van der Waals surface area contributed by atoms with E-state index in [2.05, 4.69) is 36.5 Å². The first kappa shape index (κ1) is 15.5. The van der Waals surface area contributed by atoms with Gasteiger partial charge in [0.05, 0.1) is 6.61 Å². The Hall–Kier alpha value is -0.860. The van der Waals surface area contributed by atoms with Gasteiger partial charge in [0.15, 0.2) is 0 Å². The Morgan fingerprint density at radius 1 is 1.10 bits per heavy atom. The average molecular weight is 275 g/mol. The SMILES string of the molecule is CCCNCCc1ccc(COCCC2CCC2)cc1. The molecule has 1 aromatic rings. The Bertz CT molecular complexity index is 356. The molecule has 0 atom stereocenters. The van der Waals surface area contributed by atoms with E-state index in [1.807, 2.05) is 0 Å². The standard InChI is InChI=1S/C18H29NO/c1-2-12-19-13-10-17-6-8-18(9-7-17)15-20-14-11-16-4-3-5-16/h6-9,16,19H,2-5,10-15H2,1H3. The number of hydrogen-bond donors (Lipinski definition) is 1. The summed E-state index contributed by atoms with van der Waals surface area (Å²) in [5.41, 5.74) is 2.70. The lowest BCUT2D eigenvalue weighted by Gasteiger charge is -2.24. The van der Waals surface area contributed by atoms with E-state index in [1.165, 1.54) is 43.2 Å². The third-order valence-electron chi connectivity index (χ3n) is 4.20. The van der Waals surface area contributed by atoms with Gasteiger partial charge < -0.3 is 10.1 Å². The number of ether oxygens (including phenoxy) is 1. The highest BCUT2D eigenvalue weighted by molar-refractivity contribution is 5.22. The highest BCUT2D eigenvalue weighted by Gasteiger charge is 2.16. The van der Waals surface area contributed by atoms with Crippen LogP contribution in [0.4, 0.5) is 0 Å². The molecule has 2 heteroatoms. The van der Waals surface area contributed by atoms with Crippen molar-refractivity contribution in [1.82, 2.24) is 5.32 Å². The maximum Gasteiger partial charge on any atom is 0.0716 e. The van der Waals surface area contributed by atoms with Gasteiger partial charge in [-0.15, -0.1) is 0 Å². The average Bonchev–Trinajstić information content (AvgIpc) is 2.43. The normalized spacial score (nSPS) is 15.2. The van der Waals surface area contributed by atoms with Crippen molar-refractivity contribution >= 4 is 0 Å². The first-order valence-electron chi connectivity index (χ1n) is 8.24. The molecule has 0 amide bonds. The Morgan fingerprint density at radius 3 is 2.50 bits per heavy atom. The van der Waals surface area contributed by atoms with E-state index in [4.69, 9.17) is 4.74 Å². The zero-order chi connectivity index (χ0) is 14.0. The minimum Gasteiger partial charge on any atom is -0.377 e. The van der Waals surface area contributed by atoms with Crippen LogP contribution in [0.5, 0.6) is 0 Å². The third kappa shape index (κ3) is 5.64. The number of nitrogens with one attached hydrogen (secondary N) is 1. The van der Waals surface area contributed by atoms with Gasteiger partial charge in [0, 0.05) is 6.61 Å². The Morgan fingerprint density at radius 2 is 1.85 bits per heavy atom. The van der Waals surface area contributed by atoms with Crippen molar-refractivity contribution in [3.05, 3.63) is 35.4 Å². The van der Waals surface area contributed by atoms with E-state index in [-0.39, 0.29) is 0 Å². The number of rotatable bonds is 10. The second-order valence-electron chi connectivity index (χ2n) is 5.95. The molecule has 0 unspecified atom stereocenters. The summed E-state index contributed by atoms with van der Waals surface area (Å²) in [6.07, 6.45) is 7.84. The van der Waals surface area contributed by atoms with Crippen LogP contribution in [0.15, 0.2) is 24.3 Å². The zero-order valence-electron chi connectivity index (χ0n) is 12.9. The van der Waals surface area contributed by atoms with Crippen molar-refractivity contribution in [1.29, 1.82) is 0 Å². The van der Waals surface area contributed by atoms with E-state index in [9.17, 15) is 0 Å². The van der Waals surface area contributed by atoms with Gasteiger partial charge >= 0.3 is 0 Å². The van der Waals surface area contributed by atoms with E-state index in [0.29, 0.717) is 0 Å². The molecule has 1 aliphatic carbocycles. The molecule has 20 heavy (non-hydrogen) atoms. The van der Waals surface area contributed by atoms with Crippen LogP contribution in [0.2, 0.25) is 0 Å². The quantitative estimate of drug-likeness (QED) is 0.653. The molecule has 0 saturated heterocycles. The van der Waals surface area contributed by atoms with E-state index < -0.39 is 0 Å². The summed E-state index contributed by atoms with van der Waals surface area (Å²) in [4.78, 5) is 0. The topological polar surface area (TPSA) is 21.3 Å². The van der Waals surface area contributed by atoms with Crippen LogP contribution in [0, 0.1) is 5.92 Å². The summed E-state index contributed by atoms with van der Waals surface area (Å²) in [6.45, 7) is 6.08. The molecule has 0 spiro atoms. The number of hydrogen-bond acceptors (Lipinski definition) is 2. The van der Waals surface area contributed by atoms with Crippen molar-refractivity contribution in [2.45, 2.75) is 52.1 Å². The van der Waals surface area contributed by atoms with E-state index in [0.717, 1.165) is 38.6 Å². The molecule has 1 aromatic carbocycles. The maximum atomic E-state index is 5.77. The summed E-state index contributed by atoms with van der Waals surface area (Å²) in [5.74, 6) is 0.952. The minimum absolute atomic E-state index is 0.765. The van der Waals surface area contributed by atoms with Gasteiger partial charge in [-0.2, -0.15) is 0 Å². The van der Waals surface area contributed by atoms with Crippen LogP contribution >= 0.6 is 0 Å². The summed E-state index contributed by atoms with van der Waals surface area (Å²) >= 11 is 0. The highest BCUT2D eigenvalue weighted by atomic mass is 16.5. The van der Waals surface area contributed by atoms with Crippen LogP contribution in [0.25, 0.3) is 0 Å². The lowest BCUT2D eigenvalue weighted by atomic mass is 9.83. The maximum absolute atomic E-state index is 5.77. The molecule has 1 fully saturated rings. The van der Waals surface area contributed by atoms with E-state index in [1.54, 1.807) is 0 Å². The second kappa shape index (κ2) is 9.15. The largest absolute Gasteiger partial charge is 0.377 e. The van der Waals surface area contributed by atoms with Gasteiger partial charge in [0.25, 0.3) is 0 Å². The predicted octanol–water partition coefficient (Wildman–Crippen LogP) is 3.94. The predicted molar refractivity (Wildman–Crippen MR) is 84.9 cm³/mol. The monoisotopic (exact) mass is 275 g/mol. The fourth-order valence-electron chi connectivity index (χ4n) is 2.56. The van der Waals surface area contributed by atoms with Gasteiger partial charge in [-0.1, -0.05) is 50.5 Å². The van der Waals surface area contributed by atoms with Crippen LogP contribution in [0.1, 0.15) is 50.2 Å². The molecule has 112 valence electrons. The van der Waals surface area contributed by atoms with Gasteiger partial charge in [-0.3, -0.25) is 0 Å². The van der Waals surface area contributed by atoms with Crippen LogP contribution in [-0.2, 0) is 17.8 Å². The van der Waals surface area contributed by atoms with Crippen molar-refractivity contribution in [3.8, 4) is 0 Å². The molecule has 0 aromatic heterocycles. The zero-order valence-corrected chi connectivity index (χ0v) is 12.9. The van der Waals surface area contributed by atoms with Crippen molar-refractivity contribution in [3.63, 3.8) is 0 Å².